The number of Topliss-reactive ketones (excluding diaryl/α,β-unsaturated/α-hetero) is 1. The summed E-state index contributed by atoms with van der Waals surface area (Å²) >= 11 is 0. The zero-order valence-corrected chi connectivity index (χ0v) is 15.9. The van der Waals surface area contributed by atoms with E-state index in [0.717, 1.165) is 44.1 Å². The number of rotatable bonds is 5. The summed E-state index contributed by atoms with van der Waals surface area (Å²) in [6.07, 6.45) is 0. The Balaban J connectivity index is 1.73. The summed E-state index contributed by atoms with van der Waals surface area (Å²) in [4.78, 5) is 32.1. The molecule has 0 bridgehead atoms. The molecular weight excluding hydrogens is 334 g/mol. The Labute approximate surface area is 154 Å². The van der Waals surface area contributed by atoms with E-state index in [1.807, 2.05) is 18.7 Å². The highest BCUT2D eigenvalue weighted by Gasteiger charge is 2.37. The fraction of sp³-hybridized carbons (Fsp3) is 0.684. The third kappa shape index (κ3) is 3.70. The number of hydrogen-bond acceptors (Lipinski definition) is 5. The molecule has 7 nitrogen and oxygen atoms in total. The van der Waals surface area contributed by atoms with Crippen LogP contribution in [-0.2, 0) is 4.74 Å². The molecule has 3 heterocycles. The van der Waals surface area contributed by atoms with Crippen LogP contribution in [0.1, 0.15) is 39.0 Å². The first-order valence-electron chi connectivity index (χ1n) is 9.32. The number of H-pyrrole nitrogens is 1. The predicted octanol–water partition coefficient (Wildman–Crippen LogP) is 0.847. The standard InChI is InChI=1S/C19H29N3O4/c1-12-17(13(2)20-18(12)14(3)24)19(25)22-9-15(16(10-22)11-23)8-21-4-6-26-7-5-21/h15-16,20,23H,4-11H2,1-3H3/t15-,16-/m1/s1. The van der Waals surface area contributed by atoms with E-state index in [2.05, 4.69) is 9.88 Å². The minimum Gasteiger partial charge on any atom is -0.396 e. The van der Waals surface area contributed by atoms with Gasteiger partial charge in [-0.25, -0.2) is 0 Å². The number of carbonyl (C=O) groups excluding carboxylic acids is 2. The molecular formula is C19H29N3O4. The van der Waals surface area contributed by atoms with Crippen LogP contribution in [0.15, 0.2) is 0 Å². The first-order chi connectivity index (χ1) is 12.4. The molecule has 1 amide bonds. The van der Waals surface area contributed by atoms with Gasteiger partial charge in [0.25, 0.3) is 5.91 Å². The van der Waals surface area contributed by atoms with Crippen molar-refractivity contribution in [1.29, 1.82) is 0 Å². The van der Waals surface area contributed by atoms with Crippen LogP contribution in [0.5, 0.6) is 0 Å². The van der Waals surface area contributed by atoms with Gasteiger partial charge in [-0.2, -0.15) is 0 Å². The lowest BCUT2D eigenvalue weighted by Gasteiger charge is -2.30. The van der Waals surface area contributed by atoms with E-state index in [9.17, 15) is 14.7 Å². The second kappa shape index (κ2) is 7.90. The van der Waals surface area contributed by atoms with E-state index < -0.39 is 0 Å². The average Bonchev–Trinajstić information content (AvgIpc) is 3.16. The number of ether oxygens (including phenoxy) is 1. The predicted molar refractivity (Wildman–Crippen MR) is 97.5 cm³/mol. The minimum atomic E-state index is -0.0653. The van der Waals surface area contributed by atoms with E-state index in [-0.39, 0.29) is 30.1 Å². The number of morpholine rings is 1. The fourth-order valence-corrected chi connectivity index (χ4v) is 4.21. The van der Waals surface area contributed by atoms with Gasteiger partial charge < -0.3 is 19.7 Å². The van der Waals surface area contributed by atoms with Crippen molar-refractivity contribution in [1.82, 2.24) is 14.8 Å². The molecule has 0 radical (unpaired) electrons. The molecule has 2 atom stereocenters. The Bertz CT molecular complexity index is 679. The van der Waals surface area contributed by atoms with Gasteiger partial charge >= 0.3 is 0 Å². The smallest absolute Gasteiger partial charge is 0.255 e. The number of aromatic amines is 1. The quantitative estimate of drug-likeness (QED) is 0.758. The van der Waals surface area contributed by atoms with Crippen LogP contribution in [0, 0.1) is 25.7 Å². The average molecular weight is 363 g/mol. The molecule has 0 aliphatic carbocycles. The minimum absolute atomic E-state index is 0.0494. The van der Waals surface area contributed by atoms with Gasteiger partial charge in [0.05, 0.1) is 24.5 Å². The summed E-state index contributed by atoms with van der Waals surface area (Å²) in [5.74, 6) is 0.235. The lowest BCUT2D eigenvalue weighted by atomic mass is 9.96. The number of hydrogen-bond donors (Lipinski definition) is 2. The van der Waals surface area contributed by atoms with Crippen LogP contribution in [0.2, 0.25) is 0 Å². The van der Waals surface area contributed by atoms with Crippen LogP contribution < -0.4 is 0 Å². The fourth-order valence-electron chi connectivity index (χ4n) is 4.21. The van der Waals surface area contributed by atoms with Crippen molar-refractivity contribution in [2.75, 3.05) is 52.5 Å². The maximum absolute atomic E-state index is 13.1. The zero-order chi connectivity index (χ0) is 18.8. The van der Waals surface area contributed by atoms with Gasteiger partial charge in [0.15, 0.2) is 5.78 Å². The number of aliphatic hydroxyl groups is 1. The zero-order valence-electron chi connectivity index (χ0n) is 15.9. The number of aliphatic hydroxyl groups excluding tert-OH is 1. The van der Waals surface area contributed by atoms with Crippen LogP contribution in [0.4, 0.5) is 0 Å². The van der Waals surface area contributed by atoms with Crippen LogP contribution in [0.3, 0.4) is 0 Å². The third-order valence-corrected chi connectivity index (χ3v) is 5.70. The summed E-state index contributed by atoms with van der Waals surface area (Å²) in [6.45, 7) is 10.6. The van der Waals surface area contributed by atoms with E-state index in [1.165, 1.54) is 6.92 Å². The Hall–Kier alpha value is -1.70. The monoisotopic (exact) mass is 363 g/mol. The SMILES string of the molecule is CC(=O)c1[nH]c(C)c(C(=O)N2C[C@@H](CN3CCOCC3)[C@@H](CO)C2)c1C. The van der Waals surface area contributed by atoms with Crippen molar-refractivity contribution < 1.29 is 19.4 Å². The van der Waals surface area contributed by atoms with E-state index in [0.29, 0.717) is 24.3 Å². The second-order valence-corrected chi connectivity index (χ2v) is 7.51. The summed E-state index contributed by atoms with van der Waals surface area (Å²) in [7, 11) is 0. The van der Waals surface area contributed by atoms with Crippen molar-refractivity contribution >= 4 is 11.7 Å². The lowest BCUT2D eigenvalue weighted by Crippen LogP contribution is -2.41. The molecule has 1 aromatic heterocycles. The van der Waals surface area contributed by atoms with Crippen molar-refractivity contribution in [3.8, 4) is 0 Å². The molecule has 2 fully saturated rings. The summed E-state index contributed by atoms with van der Waals surface area (Å²) in [5, 5.41) is 9.79. The second-order valence-electron chi connectivity index (χ2n) is 7.51. The Kier molecular flexibility index (Phi) is 5.79. The number of nitrogens with one attached hydrogen (secondary N) is 1. The molecule has 3 rings (SSSR count). The van der Waals surface area contributed by atoms with Crippen molar-refractivity contribution in [2.45, 2.75) is 20.8 Å². The molecule has 2 N–H and O–H groups in total. The Morgan fingerprint density at radius 1 is 1.19 bits per heavy atom. The number of amides is 1. The number of ketones is 1. The lowest BCUT2D eigenvalue weighted by molar-refractivity contribution is 0.0264. The Morgan fingerprint density at radius 3 is 2.42 bits per heavy atom. The molecule has 144 valence electrons. The van der Waals surface area contributed by atoms with Crippen molar-refractivity contribution in [3.05, 3.63) is 22.5 Å². The van der Waals surface area contributed by atoms with E-state index in [4.69, 9.17) is 4.74 Å². The van der Waals surface area contributed by atoms with Crippen LogP contribution in [-0.4, -0.2) is 84.1 Å². The number of aromatic nitrogens is 1. The Morgan fingerprint density at radius 2 is 1.85 bits per heavy atom. The number of aryl methyl sites for hydroxylation is 1. The first kappa shape index (κ1) is 19.1. The molecule has 2 aliphatic heterocycles. The number of nitrogens with zero attached hydrogens (tertiary/aromatic N) is 2. The largest absolute Gasteiger partial charge is 0.396 e. The van der Waals surface area contributed by atoms with Gasteiger partial charge in [-0.1, -0.05) is 0 Å². The van der Waals surface area contributed by atoms with Gasteiger partial charge in [0.2, 0.25) is 0 Å². The van der Waals surface area contributed by atoms with Gasteiger partial charge in [-0.05, 0) is 25.3 Å². The normalized spacial score (nSPS) is 24.2. The van der Waals surface area contributed by atoms with Crippen molar-refractivity contribution in [3.63, 3.8) is 0 Å². The topological polar surface area (TPSA) is 85.9 Å². The molecule has 0 saturated carbocycles. The molecule has 1 aromatic rings. The van der Waals surface area contributed by atoms with Gasteiger partial charge in [-0.3, -0.25) is 14.5 Å². The van der Waals surface area contributed by atoms with Crippen LogP contribution >= 0.6 is 0 Å². The number of carbonyl (C=O) groups is 2. The molecule has 0 unspecified atom stereocenters. The molecule has 26 heavy (non-hydrogen) atoms. The molecule has 2 aliphatic rings. The first-order valence-corrected chi connectivity index (χ1v) is 9.32. The number of likely N-dealkylation sites (tertiary alicyclic amines) is 1. The summed E-state index contributed by atoms with van der Waals surface area (Å²) in [6, 6.07) is 0. The van der Waals surface area contributed by atoms with E-state index in [1.54, 1.807) is 0 Å². The summed E-state index contributed by atoms with van der Waals surface area (Å²) in [5.41, 5.74) is 2.56. The van der Waals surface area contributed by atoms with Gasteiger partial charge in [0.1, 0.15) is 0 Å². The maximum Gasteiger partial charge on any atom is 0.255 e. The maximum atomic E-state index is 13.1. The highest BCUT2D eigenvalue weighted by Crippen LogP contribution is 2.28. The molecule has 7 heteroatoms. The van der Waals surface area contributed by atoms with E-state index >= 15 is 0 Å². The van der Waals surface area contributed by atoms with Crippen LogP contribution in [0.25, 0.3) is 0 Å². The van der Waals surface area contributed by atoms with Crippen molar-refractivity contribution in [2.24, 2.45) is 11.8 Å². The molecule has 0 spiro atoms. The summed E-state index contributed by atoms with van der Waals surface area (Å²) < 4.78 is 5.40. The van der Waals surface area contributed by atoms with Gasteiger partial charge in [0, 0.05) is 57.9 Å². The molecule has 0 aromatic carbocycles. The highest BCUT2D eigenvalue weighted by atomic mass is 16.5. The highest BCUT2D eigenvalue weighted by molar-refractivity contribution is 6.02. The van der Waals surface area contributed by atoms with Gasteiger partial charge in [-0.15, -0.1) is 0 Å². The molecule has 2 saturated heterocycles. The third-order valence-electron chi connectivity index (χ3n) is 5.70.